The third-order valence-corrected chi connectivity index (χ3v) is 8.54. The highest BCUT2D eigenvalue weighted by Crippen LogP contribution is 2.34. The summed E-state index contributed by atoms with van der Waals surface area (Å²) in [6.07, 6.45) is 9.61. The van der Waals surface area contributed by atoms with Crippen molar-refractivity contribution < 1.29 is 9.18 Å². The number of hydrogen-bond acceptors (Lipinski definition) is 7. The van der Waals surface area contributed by atoms with Crippen molar-refractivity contribution in [3.8, 4) is 28.1 Å². The van der Waals surface area contributed by atoms with Gasteiger partial charge in [-0.15, -0.1) is 0 Å². The largest absolute Gasteiger partial charge is 0.386 e. The number of fused-ring (bicyclic) bond motifs is 2. The molecule has 2 bridgehead atoms. The van der Waals surface area contributed by atoms with E-state index in [0.717, 1.165) is 22.9 Å². The molecule has 0 saturated carbocycles. The van der Waals surface area contributed by atoms with Crippen molar-refractivity contribution in [2.75, 3.05) is 7.05 Å². The van der Waals surface area contributed by atoms with Crippen molar-refractivity contribution in [1.82, 2.24) is 34.9 Å². The van der Waals surface area contributed by atoms with Gasteiger partial charge in [0.25, 0.3) is 5.56 Å². The Morgan fingerprint density at radius 3 is 2.57 bits per heavy atom. The molecule has 3 N–H and O–H groups in total. The van der Waals surface area contributed by atoms with Gasteiger partial charge in [-0.05, 0) is 66.9 Å². The predicted octanol–water partition coefficient (Wildman–Crippen LogP) is 6.01. The number of allylic oxidation sites excluding steroid dienone is 1. The number of amides is 1. The number of carbonyl (C=O) groups excluding carboxylic acids is 1. The second kappa shape index (κ2) is 13.5. The first-order chi connectivity index (χ1) is 22.7. The number of nitrogens with zero attached hydrogens (tertiary/aromatic N) is 5. The van der Waals surface area contributed by atoms with Crippen LogP contribution in [0.3, 0.4) is 0 Å². The Morgan fingerprint density at radius 1 is 1.02 bits per heavy atom. The minimum Gasteiger partial charge on any atom is -0.386 e. The number of rotatable bonds is 6. The van der Waals surface area contributed by atoms with Crippen molar-refractivity contribution in [2.24, 2.45) is 5.92 Å². The first-order valence-electron chi connectivity index (χ1n) is 15.1. The molecule has 10 nitrogen and oxygen atoms in total. The van der Waals surface area contributed by atoms with Gasteiger partial charge < -0.3 is 16.0 Å². The molecule has 0 saturated heterocycles. The fourth-order valence-electron chi connectivity index (χ4n) is 5.79. The van der Waals surface area contributed by atoms with Crippen molar-refractivity contribution in [2.45, 2.75) is 32.2 Å². The first-order valence-corrected chi connectivity index (χ1v) is 15.5. The Bertz CT molecular complexity index is 2050. The van der Waals surface area contributed by atoms with Gasteiger partial charge in [0.1, 0.15) is 5.82 Å². The minimum atomic E-state index is -0.451. The van der Waals surface area contributed by atoms with Crippen LogP contribution in [0.1, 0.15) is 43.5 Å². The smallest absolute Gasteiger partial charge is 0.254 e. The van der Waals surface area contributed by atoms with Crippen molar-refractivity contribution in [3.05, 3.63) is 124 Å². The first kappa shape index (κ1) is 31.6. The van der Waals surface area contributed by atoms with E-state index < -0.39 is 6.04 Å². The van der Waals surface area contributed by atoms with Crippen LogP contribution in [-0.2, 0) is 4.79 Å². The van der Waals surface area contributed by atoms with E-state index in [4.69, 9.17) is 22.0 Å². The van der Waals surface area contributed by atoms with E-state index in [2.05, 4.69) is 20.7 Å². The summed E-state index contributed by atoms with van der Waals surface area (Å²) >= 11 is 6.43. The van der Waals surface area contributed by atoms with Gasteiger partial charge in [0.05, 0.1) is 47.0 Å². The van der Waals surface area contributed by atoms with Gasteiger partial charge in [0, 0.05) is 59.4 Å². The molecule has 0 aliphatic carbocycles. The van der Waals surface area contributed by atoms with Gasteiger partial charge >= 0.3 is 0 Å². The van der Waals surface area contributed by atoms with Gasteiger partial charge in [0.2, 0.25) is 5.91 Å². The number of carbonyl (C=O) groups is 1. The maximum Gasteiger partial charge on any atom is 0.254 e. The lowest BCUT2D eigenvalue weighted by Crippen LogP contribution is -2.32. The topological polar surface area (TPSA) is 131 Å². The van der Waals surface area contributed by atoms with E-state index in [1.54, 1.807) is 59.0 Å². The summed E-state index contributed by atoms with van der Waals surface area (Å²) in [5.74, 6) is -0.813. The number of pyridine rings is 1. The number of aromatic nitrogens is 5. The second-order valence-corrected chi connectivity index (χ2v) is 11.8. The molecule has 6 rings (SSSR count). The van der Waals surface area contributed by atoms with E-state index in [1.165, 1.54) is 24.5 Å². The number of nitrogens with one attached hydrogen (secondary N) is 3. The van der Waals surface area contributed by atoms with E-state index in [9.17, 15) is 14.0 Å². The molecule has 0 fully saturated rings. The molecule has 2 unspecified atom stereocenters. The lowest BCUT2D eigenvalue weighted by molar-refractivity contribution is -0.123. The van der Waals surface area contributed by atoms with Gasteiger partial charge in [-0.2, -0.15) is 5.10 Å². The van der Waals surface area contributed by atoms with Crippen LogP contribution in [0.2, 0.25) is 5.02 Å². The van der Waals surface area contributed by atoms with Gasteiger partial charge in [0.15, 0.2) is 0 Å². The Kier molecular flexibility index (Phi) is 9.08. The highest BCUT2D eigenvalue weighted by Gasteiger charge is 2.23. The van der Waals surface area contributed by atoms with Gasteiger partial charge in [-0.25, -0.2) is 14.1 Å². The molecule has 47 heavy (non-hydrogen) atoms. The summed E-state index contributed by atoms with van der Waals surface area (Å²) in [6, 6.07) is 16.1. The summed E-state index contributed by atoms with van der Waals surface area (Å²) in [7, 11) is 1.73. The number of hydrogen-bond donors (Lipinski definition) is 3. The zero-order chi connectivity index (χ0) is 33.1. The fraction of sp³-hybridized carbons (Fsp3) is 0.200. The van der Waals surface area contributed by atoms with Gasteiger partial charge in [-0.3, -0.25) is 19.1 Å². The van der Waals surface area contributed by atoms with E-state index in [-0.39, 0.29) is 23.2 Å². The summed E-state index contributed by atoms with van der Waals surface area (Å²) in [6.45, 7) is 1.85. The van der Waals surface area contributed by atoms with Crippen molar-refractivity contribution in [3.63, 3.8) is 0 Å². The molecule has 238 valence electrons. The summed E-state index contributed by atoms with van der Waals surface area (Å²) in [4.78, 5) is 36.2. The molecule has 0 spiro atoms. The van der Waals surface area contributed by atoms with Crippen LogP contribution in [0.4, 0.5) is 4.39 Å². The third kappa shape index (κ3) is 6.61. The maximum absolute atomic E-state index is 13.9. The predicted molar refractivity (Wildman–Crippen MR) is 180 cm³/mol. The highest BCUT2D eigenvalue weighted by molar-refractivity contribution is 6.31. The zero-order valence-electron chi connectivity index (χ0n) is 25.7. The standard InChI is InChI=1S/C35H32ClFN8O2/c1-21-4-3-5-32(30-14-22(12-13-40-30)34(39-2)31(17-38)43-35(21)47)44-20-41-29(16-33(44)46)28-15-24(36)6-11-27(28)23-18-42-45(19-23)26-9-7-25(37)8-10-26/h6-21,32,38-39H,3-5H2,1-2H3,(H,43,47)/b34-31+,38-17?. The molecule has 1 amide bonds. The number of halogens is 2. The van der Waals surface area contributed by atoms with Crippen LogP contribution in [0.25, 0.3) is 33.8 Å². The second-order valence-electron chi connectivity index (χ2n) is 11.3. The average molecular weight is 651 g/mol. The molecule has 12 heteroatoms. The minimum absolute atomic E-state index is 0.175. The normalized spacial score (nSPS) is 18.5. The molecule has 2 aromatic carbocycles. The monoisotopic (exact) mass is 650 g/mol. The lowest BCUT2D eigenvalue weighted by atomic mass is 9.96. The maximum atomic E-state index is 13.9. The highest BCUT2D eigenvalue weighted by atomic mass is 35.5. The number of benzene rings is 2. The van der Waals surface area contributed by atoms with Crippen LogP contribution in [-0.4, -0.2) is 43.5 Å². The molecular weight excluding hydrogens is 619 g/mol. The molecule has 2 atom stereocenters. The van der Waals surface area contributed by atoms with Crippen molar-refractivity contribution in [1.29, 1.82) is 5.41 Å². The molecule has 3 aromatic heterocycles. The molecule has 5 aromatic rings. The average Bonchev–Trinajstić information content (AvgIpc) is 3.57. The van der Waals surface area contributed by atoms with Crippen LogP contribution < -0.4 is 16.2 Å². The van der Waals surface area contributed by atoms with E-state index >= 15 is 0 Å². The Morgan fingerprint density at radius 2 is 1.83 bits per heavy atom. The van der Waals surface area contributed by atoms with Crippen LogP contribution in [0, 0.1) is 17.1 Å². The Hall–Kier alpha value is -5.42. The van der Waals surface area contributed by atoms with E-state index in [1.807, 2.05) is 25.3 Å². The fourth-order valence-corrected chi connectivity index (χ4v) is 5.97. The molecule has 4 heterocycles. The molecular formula is C35H32ClFN8O2. The molecule has 1 aliphatic heterocycles. The van der Waals surface area contributed by atoms with E-state index in [0.29, 0.717) is 58.3 Å². The summed E-state index contributed by atoms with van der Waals surface area (Å²) in [5.41, 5.74) is 5.35. The molecule has 0 radical (unpaired) electrons. The zero-order valence-corrected chi connectivity index (χ0v) is 26.5. The molecule has 1 aliphatic rings. The van der Waals surface area contributed by atoms with Crippen LogP contribution in [0.5, 0.6) is 0 Å². The lowest BCUT2D eigenvalue weighted by Gasteiger charge is -2.23. The summed E-state index contributed by atoms with van der Waals surface area (Å²) in [5, 5.41) is 18.8. The Balaban J connectivity index is 1.40. The third-order valence-electron chi connectivity index (χ3n) is 8.31. The SMILES string of the molecule is CN/C1=C(\C=N)NC(=O)C(C)CCCC(n2cnc(-c3cc(Cl)ccc3-c3cnn(-c4ccc(F)cc4)c3)cc2=O)c2cc1ccn2. The van der Waals surface area contributed by atoms with Gasteiger partial charge in [-0.1, -0.05) is 31.0 Å². The summed E-state index contributed by atoms with van der Waals surface area (Å²) < 4.78 is 16.7. The Labute approximate surface area is 275 Å². The van der Waals surface area contributed by atoms with Crippen LogP contribution in [0.15, 0.2) is 96.1 Å². The van der Waals surface area contributed by atoms with Crippen LogP contribution >= 0.6 is 11.6 Å². The quantitative estimate of drug-likeness (QED) is 0.193. The van der Waals surface area contributed by atoms with Crippen molar-refractivity contribution >= 4 is 29.4 Å².